The van der Waals surface area contributed by atoms with Crippen LogP contribution in [0.5, 0.6) is 5.75 Å². The normalized spacial score (nSPS) is 20.8. The molecule has 1 aliphatic rings. The molecule has 5 heteroatoms. The molecule has 4 nitrogen and oxygen atoms in total. The number of pyridine rings is 1. The first kappa shape index (κ1) is 32.0. The Labute approximate surface area is 517 Å². The van der Waals surface area contributed by atoms with Crippen LogP contribution in [0.3, 0.4) is 0 Å². The third-order valence-electron chi connectivity index (χ3n) is 14.9. The number of aryl methyl sites for hydroxylation is 1. The van der Waals surface area contributed by atoms with Crippen LogP contribution in [0.15, 0.2) is 152 Å². The second kappa shape index (κ2) is 21.0. The Bertz CT molecular complexity index is 4610. The largest absolute Gasteiger partial charge is 0.507 e. The van der Waals surface area contributed by atoms with Gasteiger partial charge in [-0.05, 0) is 146 Å². The predicted octanol–water partition coefficient (Wildman–Crippen LogP) is 20.1. The summed E-state index contributed by atoms with van der Waals surface area (Å²) in [7, 11) is 0. The van der Waals surface area contributed by atoms with Gasteiger partial charge in [0, 0.05) is 74.2 Å². The van der Waals surface area contributed by atoms with Gasteiger partial charge in [-0.15, -0.1) is 29.3 Å². The third-order valence-corrected chi connectivity index (χ3v) is 14.9. The molecule has 9 aromatic rings. The Balaban J connectivity index is 0.0000125. The van der Waals surface area contributed by atoms with Crippen molar-refractivity contribution in [2.75, 3.05) is 0 Å². The van der Waals surface area contributed by atoms with E-state index in [-0.39, 0.29) is 88.8 Å². The average Bonchev–Trinajstić information content (AvgIpc) is 0.834. The molecule has 10 rings (SSSR count). The number of benzene rings is 7. The molecule has 1 saturated carbocycles. The number of aromatic nitrogens is 3. The van der Waals surface area contributed by atoms with Crippen LogP contribution in [0.25, 0.3) is 83.9 Å². The minimum Gasteiger partial charge on any atom is -0.507 e. The second-order valence-corrected chi connectivity index (χ2v) is 23.3. The van der Waals surface area contributed by atoms with Crippen molar-refractivity contribution in [2.45, 2.75) is 157 Å². The number of nitrogens with zero attached hydrogens (tertiary/aromatic N) is 3. The van der Waals surface area contributed by atoms with Gasteiger partial charge in [0.1, 0.15) is 11.6 Å². The van der Waals surface area contributed by atoms with E-state index >= 15 is 0 Å². The van der Waals surface area contributed by atoms with E-state index in [0.717, 1.165) is 18.4 Å². The van der Waals surface area contributed by atoms with Gasteiger partial charge < -0.3 is 5.11 Å². The summed E-state index contributed by atoms with van der Waals surface area (Å²) in [5.74, 6) is -3.47. The van der Waals surface area contributed by atoms with Gasteiger partial charge in [-0.3, -0.25) is 9.55 Å². The molecule has 0 aliphatic heterocycles. The molecule has 1 N–H and O–H groups in total. The molecule has 2 heterocycles. The van der Waals surface area contributed by atoms with Crippen molar-refractivity contribution in [1.82, 2.24) is 14.5 Å². The Kier molecular flexibility index (Phi) is 8.64. The first-order valence-corrected chi connectivity index (χ1v) is 25.9. The molecule has 78 heavy (non-hydrogen) atoms. The van der Waals surface area contributed by atoms with Gasteiger partial charge in [0.25, 0.3) is 0 Å². The Hall–Kier alpha value is -6.35. The average molecular weight is 1240 g/mol. The molecule has 0 radical (unpaired) electrons. The monoisotopic (exact) mass is 1240 g/mol. The van der Waals surface area contributed by atoms with E-state index in [4.69, 9.17) is 33.8 Å². The smallest absolute Gasteiger partial charge is 0.148 e. The van der Waals surface area contributed by atoms with Gasteiger partial charge in [0.2, 0.25) is 0 Å². The fraction of sp³-hybridized carbons (Fsp3) is 0.342. The molecule has 0 bridgehead atoms. The van der Waals surface area contributed by atoms with E-state index in [0.29, 0.717) is 51.8 Å². The molecule has 1 aliphatic carbocycles. The van der Waals surface area contributed by atoms with Crippen LogP contribution in [-0.2, 0) is 42.7 Å². The maximum Gasteiger partial charge on any atom is 0.148 e. The van der Waals surface area contributed by atoms with Gasteiger partial charge in [0.15, 0.2) is 0 Å². The molecule has 2 aromatic heterocycles. The van der Waals surface area contributed by atoms with E-state index in [2.05, 4.69) is 24.9 Å². The number of imidazole rings is 1. The number of hydrogen-bond acceptors (Lipinski definition) is 3. The van der Waals surface area contributed by atoms with Crippen LogP contribution >= 0.6 is 0 Å². The van der Waals surface area contributed by atoms with E-state index in [1.54, 1.807) is 103 Å². The van der Waals surface area contributed by atoms with Gasteiger partial charge in [-0.25, -0.2) is 4.98 Å². The zero-order chi connectivity index (χ0) is 76.9. The van der Waals surface area contributed by atoms with E-state index in [1.165, 1.54) is 16.8 Å². The molecular weight excluding hydrogens is 1130 g/mol. The van der Waals surface area contributed by atoms with Crippen LogP contribution in [-0.4, -0.2) is 19.6 Å². The number of fused-ring (bicyclic) bond motifs is 1. The van der Waals surface area contributed by atoms with E-state index < -0.39 is 116 Å². The second-order valence-electron chi connectivity index (χ2n) is 23.3. The minimum atomic E-state index is -4.50. The summed E-state index contributed by atoms with van der Waals surface area (Å²) in [6, 6.07) is 33.7. The van der Waals surface area contributed by atoms with E-state index in [9.17, 15) is 12.0 Å². The maximum atomic E-state index is 13.3. The van der Waals surface area contributed by atoms with Crippen molar-refractivity contribution in [3.05, 3.63) is 191 Å². The summed E-state index contributed by atoms with van der Waals surface area (Å²) in [6.45, 7) is -12.9. The van der Waals surface area contributed by atoms with Crippen molar-refractivity contribution in [3.8, 4) is 78.6 Å². The number of aromatic hydroxyl groups is 1. The number of hydrogen-bond donors (Lipinski definition) is 1. The maximum absolute atomic E-state index is 13.3. The topological polar surface area (TPSA) is 50.9 Å². The molecule has 0 atom stereocenters. The third kappa shape index (κ3) is 11.4. The predicted molar refractivity (Wildman–Crippen MR) is 327 cm³/mol. The summed E-state index contributed by atoms with van der Waals surface area (Å²) in [5, 5.41) is 13.3. The van der Waals surface area contributed by atoms with Crippen LogP contribution in [0.2, 0.25) is 0 Å². The molecule has 1 fully saturated rings. The van der Waals surface area contributed by atoms with Gasteiger partial charge in [-0.2, -0.15) is 0 Å². The molecule has 0 unspecified atom stereocenters. The van der Waals surface area contributed by atoms with Crippen LogP contribution in [0, 0.1) is 18.3 Å². The minimum absolute atomic E-state index is 0. The first-order chi connectivity index (χ1) is 47.0. The Morgan fingerprint density at radius 2 is 1.31 bits per heavy atom. The van der Waals surface area contributed by atoms with Crippen LogP contribution in [0.4, 0.5) is 0 Å². The number of phenols is 1. The zero-order valence-corrected chi connectivity index (χ0v) is 47.3. The molecule has 7 aromatic carbocycles. The standard InChI is InChI=1S/C73H80N3O.Pt/c1-46-38-51(48-32-35-73(14,15)36-33-48)28-30-58(46)50-26-24-47(25-27-50)52-34-37-74-63(42-52)54-39-53(40-56(41-54)70(5,6)7)59-22-19-23-65-66(59)75-68(61-44-57(71(8,9)10)45-62(67(61)77)72(11,12)13)76(65)64-31-29-55(69(2,3)4)43-60(64)49-20-17-16-18-21-49;/h16-31,34,37-38,40-45,48,77H,32-33,35-36H2,1-15H3;/q-1;/i1D3,8D3,9D3,10D3,11D3,12D3,13D3,34D,42D,44D,45D,48D;. The summed E-state index contributed by atoms with van der Waals surface area (Å²) in [6.07, 6.45) is 4.07. The van der Waals surface area contributed by atoms with E-state index in [1.807, 2.05) is 53.7 Å². The number of para-hydroxylation sites is 1. The zero-order valence-electron chi connectivity index (χ0n) is 71.1. The number of phenolic OH excluding ortho intramolecular Hbond substituents is 1. The van der Waals surface area contributed by atoms with Gasteiger partial charge >= 0.3 is 0 Å². The fourth-order valence-corrected chi connectivity index (χ4v) is 10.2. The van der Waals surface area contributed by atoms with Crippen molar-refractivity contribution in [1.29, 1.82) is 0 Å². The Morgan fingerprint density at radius 3 is 1.99 bits per heavy atom. The molecule has 0 spiro atoms. The van der Waals surface area contributed by atoms with Crippen molar-refractivity contribution >= 4 is 11.0 Å². The summed E-state index contributed by atoms with van der Waals surface area (Å²) < 4.78 is 236. The molecular formula is C73H80N3OPt-. The fourth-order valence-electron chi connectivity index (χ4n) is 10.2. The van der Waals surface area contributed by atoms with Crippen LogP contribution < -0.4 is 0 Å². The molecule has 0 amide bonds. The quantitative estimate of drug-likeness (QED) is 0.154. The molecule has 0 saturated heterocycles. The summed E-state index contributed by atoms with van der Waals surface area (Å²) in [5.41, 5.74) is -9.92. The van der Waals surface area contributed by atoms with Gasteiger partial charge in [-0.1, -0.05) is 211 Å². The summed E-state index contributed by atoms with van der Waals surface area (Å²) in [4.78, 5) is 9.77. The first-order valence-electron chi connectivity index (χ1n) is 38.9. The van der Waals surface area contributed by atoms with Gasteiger partial charge in [0.05, 0.1) is 27.8 Å². The van der Waals surface area contributed by atoms with Crippen molar-refractivity contribution < 1.29 is 61.8 Å². The molecule has 404 valence electrons. The van der Waals surface area contributed by atoms with Crippen LogP contribution in [0.1, 0.15) is 197 Å². The Morgan fingerprint density at radius 1 is 0.628 bits per heavy atom. The van der Waals surface area contributed by atoms with Crippen molar-refractivity contribution in [2.24, 2.45) is 5.41 Å². The van der Waals surface area contributed by atoms with Crippen molar-refractivity contribution in [3.63, 3.8) is 0 Å². The SMILES string of the molecule is [2H]c1cnc(-c2[c-]c(-c3cccc4c3nc(-c3c([2H])c(C(C([2H])([2H])[2H])(C([2H])([2H])[2H])C([2H])([2H])[2H])c([2H])c(C(C([2H])([2H])[2H])(C([2H])([2H])[2H])C([2H])([2H])[2H])c3O)n4-c3ccc(C(C)(C)C)cc3-c3ccccc3)cc(C(C)(C)C)c2)c([2H])c1-c1ccc(-c2ccc(C3([2H])CCC(C)(C)CC3)cc2C([2H])([2H])[2H])cc1.[Pt]. The number of rotatable bonds is 8. The summed E-state index contributed by atoms with van der Waals surface area (Å²) >= 11 is 0.